The molecule has 0 saturated carbocycles. The van der Waals surface area contributed by atoms with Gasteiger partial charge in [-0.1, -0.05) is 0 Å². The Bertz CT molecular complexity index is 253. The van der Waals surface area contributed by atoms with Crippen LogP contribution in [0, 0.1) is 0 Å². The minimum absolute atomic E-state index is 0.803. The number of hydrogen-bond donors (Lipinski definition) is 0. The van der Waals surface area contributed by atoms with Crippen LogP contribution in [0.3, 0.4) is 0 Å². The molecule has 0 amide bonds. The quantitative estimate of drug-likeness (QED) is 0.668. The third-order valence-electron chi connectivity index (χ3n) is 1.80. The third-order valence-corrected chi connectivity index (χ3v) is 2.88. The van der Waals surface area contributed by atoms with Crippen molar-refractivity contribution >= 4 is 22.6 Å². The maximum absolute atomic E-state index is 10.4. The van der Waals surface area contributed by atoms with Gasteiger partial charge in [-0.3, -0.25) is 4.79 Å². The number of hydrogen-bond acceptors (Lipinski definition) is 3. The summed E-state index contributed by atoms with van der Waals surface area (Å²) in [6, 6.07) is 3.87. The fourth-order valence-corrected chi connectivity index (χ4v) is 2.06. The molecule has 1 aromatic heterocycles. The van der Waals surface area contributed by atoms with Crippen LogP contribution >= 0.6 is 11.3 Å². The summed E-state index contributed by atoms with van der Waals surface area (Å²) in [5.74, 6) is 0. The van der Waals surface area contributed by atoms with Crippen LogP contribution in [0.4, 0.5) is 5.00 Å². The monoisotopic (exact) mass is 183 g/mol. The van der Waals surface area contributed by atoms with Crippen molar-refractivity contribution in [1.29, 1.82) is 0 Å². The van der Waals surface area contributed by atoms with E-state index in [1.165, 1.54) is 5.00 Å². The molecular formula is C9H13NOS. The first-order valence-electron chi connectivity index (χ1n) is 4.11. The fourth-order valence-electron chi connectivity index (χ4n) is 1.11. The van der Waals surface area contributed by atoms with E-state index < -0.39 is 0 Å². The van der Waals surface area contributed by atoms with E-state index in [1.807, 2.05) is 12.1 Å². The molecule has 1 heterocycles. The van der Waals surface area contributed by atoms with Crippen LogP contribution in [0.2, 0.25) is 0 Å². The second-order valence-electron chi connectivity index (χ2n) is 2.47. The minimum Gasteiger partial charge on any atom is -0.364 e. The molecule has 2 nitrogen and oxygen atoms in total. The van der Waals surface area contributed by atoms with Crippen molar-refractivity contribution in [1.82, 2.24) is 0 Å². The van der Waals surface area contributed by atoms with Gasteiger partial charge in [0, 0.05) is 13.1 Å². The first-order valence-corrected chi connectivity index (χ1v) is 4.93. The lowest BCUT2D eigenvalue weighted by Gasteiger charge is -2.17. The van der Waals surface area contributed by atoms with Crippen molar-refractivity contribution in [3.8, 4) is 0 Å². The van der Waals surface area contributed by atoms with Gasteiger partial charge in [0.05, 0.1) is 9.88 Å². The number of carbonyl (C=O) groups is 1. The van der Waals surface area contributed by atoms with Crippen molar-refractivity contribution in [2.75, 3.05) is 18.0 Å². The summed E-state index contributed by atoms with van der Waals surface area (Å²) in [7, 11) is 0. The normalized spacial score (nSPS) is 9.83. The van der Waals surface area contributed by atoms with Gasteiger partial charge < -0.3 is 4.90 Å². The molecule has 0 bridgehead atoms. The summed E-state index contributed by atoms with van der Waals surface area (Å²) in [6.07, 6.45) is 0.900. The van der Waals surface area contributed by atoms with Gasteiger partial charge in [0.2, 0.25) is 0 Å². The summed E-state index contributed by atoms with van der Waals surface area (Å²) in [5.41, 5.74) is 0. The van der Waals surface area contributed by atoms with E-state index in [-0.39, 0.29) is 0 Å². The Hall–Kier alpha value is -0.830. The Labute approximate surface area is 76.8 Å². The highest BCUT2D eigenvalue weighted by atomic mass is 32.1. The zero-order valence-corrected chi connectivity index (χ0v) is 8.23. The average molecular weight is 183 g/mol. The molecule has 0 atom stereocenters. The molecule has 0 N–H and O–H groups in total. The Morgan fingerprint density at radius 1 is 1.42 bits per heavy atom. The number of nitrogens with zero attached hydrogens (tertiary/aromatic N) is 1. The number of rotatable bonds is 4. The molecule has 0 spiro atoms. The van der Waals surface area contributed by atoms with Crippen LogP contribution < -0.4 is 4.90 Å². The Kier molecular flexibility index (Phi) is 3.29. The highest BCUT2D eigenvalue weighted by Gasteiger charge is 2.04. The van der Waals surface area contributed by atoms with Gasteiger partial charge in [-0.25, -0.2) is 0 Å². The summed E-state index contributed by atoms with van der Waals surface area (Å²) in [5, 5.41) is 1.18. The summed E-state index contributed by atoms with van der Waals surface area (Å²) < 4.78 is 0. The molecule has 3 heteroatoms. The van der Waals surface area contributed by atoms with Gasteiger partial charge in [0.1, 0.15) is 0 Å². The van der Waals surface area contributed by atoms with Crippen LogP contribution in [-0.2, 0) is 0 Å². The Morgan fingerprint density at radius 3 is 2.50 bits per heavy atom. The van der Waals surface area contributed by atoms with Crippen LogP contribution in [-0.4, -0.2) is 19.4 Å². The van der Waals surface area contributed by atoms with Crippen LogP contribution in [0.1, 0.15) is 23.5 Å². The lowest BCUT2D eigenvalue weighted by Crippen LogP contribution is -2.20. The van der Waals surface area contributed by atoms with Gasteiger partial charge in [-0.2, -0.15) is 0 Å². The molecule has 1 aromatic rings. The zero-order chi connectivity index (χ0) is 8.97. The molecule has 1 rings (SSSR count). The van der Waals surface area contributed by atoms with Gasteiger partial charge in [-0.15, -0.1) is 11.3 Å². The first-order chi connectivity index (χ1) is 5.81. The minimum atomic E-state index is 0.803. The lowest BCUT2D eigenvalue weighted by atomic mass is 10.4. The number of thiophene rings is 1. The van der Waals surface area contributed by atoms with E-state index in [1.54, 1.807) is 11.3 Å². The average Bonchev–Trinajstić information content (AvgIpc) is 2.55. The Morgan fingerprint density at radius 2 is 2.08 bits per heavy atom. The molecule has 12 heavy (non-hydrogen) atoms. The van der Waals surface area contributed by atoms with Crippen LogP contribution in [0.5, 0.6) is 0 Å². The molecule has 0 saturated heterocycles. The van der Waals surface area contributed by atoms with Crippen molar-refractivity contribution in [2.45, 2.75) is 13.8 Å². The lowest BCUT2D eigenvalue weighted by molar-refractivity contribution is 0.112. The maximum atomic E-state index is 10.4. The van der Waals surface area contributed by atoms with Crippen LogP contribution in [0.25, 0.3) is 0 Å². The van der Waals surface area contributed by atoms with Crippen molar-refractivity contribution in [3.05, 3.63) is 17.0 Å². The highest BCUT2D eigenvalue weighted by molar-refractivity contribution is 7.17. The topological polar surface area (TPSA) is 20.3 Å². The first kappa shape index (κ1) is 9.26. The summed E-state index contributed by atoms with van der Waals surface area (Å²) in [6.45, 7) is 6.22. The fraction of sp³-hybridized carbons (Fsp3) is 0.444. The molecule has 0 fully saturated rings. The van der Waals surface area contributed by atoms with E-state index in [0.29, 0.717) is 0 Å². The highest BCUT2D eigenvalue weighted by Crippen LogP contribution is 2.24. The summed E-state index contributed by atoms with van der Waals surface area (Å²) >= 11 is 1.55. The van der Waals surface area contributed by atoms with E-state index >= 15 is 0 Å². The predicted molar refractivity (Wildman–Crippen MR) is 53.3 cm³/mol. The van der Waals surface area contributed by atoms with E-state index in [2.05, 4.69) is 18.7 Å². The van der Waals surface area contributed by atoms with Gasteiger partial charge in [0.15, 0.2) is 6.29 Å². The van der Waals surface area contributed by atoms with Crippen molar-refractivity contribution < 1.29 is 4.79 Å². The van der Waals surface area contributed by atoms with E-state index in [0.717, 1.165) is 24.3 Å². The standard InChI is InChI=1S/C9H13NOS/c1-3-10(4-2)9-6-5-8(7-11)12-9/h5-7H,3-4H2,1-2H3. The van der Waals surface area contributed by atoms with E-state index in [9.17, 15) is 4.79 Å². The SMILES string of the molecule is CCN(CC)c1ccc(C=O)s1. The van der Waals surface area contributed by atoms with Crippen LogP contribution in [0.15, 0.2) is 12.1 Å². The number of aldehydes is 1. The molecule has 66 valence electrons. The van der Waals surface area contributed by atoms with Gasteiger partial charge in [0.25, 0.3) is 0 Å². The molecular weight excluding hydrogens is 170 g/mol. The van der Waals surface area contributed by atoms with Crippen molar-refractivity contribution in [2.24, 2.45) is 0 Å². The zero-order valence-electron chi connectivity index (χ0n) is 7.41. The smallest absolute Gasteiger partial charge is 0.160 e. The van der Waals surface area contributed by atoms with Crippen molar-refractivity contribution in [3.63, 3.8) is 0 Å². The maximum Gasteiger partial charge on any atom is 0.160 e. The largest absolute Gasteiger partial charge is 0.364 e. The van der Waals surface area contributed by atoms with Gasteiger partial charge >= 0.3 is 0 Å². The molecule has 0 aromatic carbocycles. The Balaban J connectivity index is 2.79. The molecule has 0 radical (unpaired) electrons. The van der Waals surface area contributed by atoms with E-state index in [4.69, 9.17) is 0 Å². The predicted octanol–water partition coefficient (Wildman–Crippen LogP) is 2.41. The molecule has 0 aliphatic rings. The number of carbonyl (C=O) groups excluding carboxylic acids is 1. The molecule has 0 aliphatic heterocycles. The van der Waals surface area contributed by atoms with Gasteiger partial charge in [-0.05, 0) is 26.0 Å². The second-order valence-corrected chi connectivity index (χ2v) is 3.56. The molecule has 0 aliphatic carbocycles. The molecule has 0 unspecified atom stereocenters. The second kappa shape index (κ2) is 4.26. The third kappa shape index (κ3) is 1.85. The number of anilines is 1. The summed E-state index contributed by atoms with van der Waals surface area (Å²) in [4.78, 5) is 13.4.